The van der Waals surface area contributed by atoms with Crippen LogP contribution >= 0.6 is 0 Å². The summed E-state index contributed by atoms with van der Waals surface area (Å²) in [5, 5.41) is 0. The second kappa shape index (κ2) is 6.90. The van der Waals surface area contributed by atoms with Crippen LogP contribution < -0.4 is 0 Å². The molecule has 2 atom stereocenters. The number of hydrogen-bond donors (Lipinski definition) is 0. The molecule has 21 heavy (non-hydrogen) atoms. The van der Waals surface area contributed by atoms with Crippen LogP contribution in [-0.4, -0.2) is 48.9 Å². The van der Waals surface area contributed by atoms with Crippen molar-refractivity contribution >= 4 is 5.91 Å². The quantitative estimate of drug-likeness (QED) is 0.795. The maximum atomic E-state index is 12.3. The summed E-state index contributed by atoms with van der Waals surface area (Å²) in [6.45, 7) is 5.70. The minimum Gasteiger partial charge on any atom is -0.340 e. The fraction of sp³-hybridized carbons (Fsp3) is 0.500. The molecule has 1 aliphatic heterocycles. The lowest BCUT2D eigenvalue weighted by atomic mass is 9.93. The Morgan fingerprint density at radius 2 is 1.95 bits per heavy atom. The van der Waals surface area contributed by atoms with Gasteiger partial charge in [0.25, 0.3) is 0 Å². The lowest BCUT2D eigenvalue weighted by Gasteiger charge is -2.25. The van der Waals surface area contributed by atoms with Gasteiger partial charge in [0.1, 0.15) is 0 Å². The molecule has 0 aromatic heterocycles. The summed E-state index contributed by atoms with van der Waals surface area (Å²) in [6, 6.07) is 9.12. The monoisotopic (exact) mass is 286 g/mol. The largest absolute Gasteiger partial charge is 0.340 e. The molecule has 1 aromatic carbocycles. The smallest absolute Gasteiger partial charge is 0.226 e. The van der Waals surface area contributed by atoms with Crippen LogP contribution in [0, 0.1) is 6.92 Å². The molecule has 0 N–H and O–H groups in total. The van der Waals surface area contributed by atoms with E-state index in [-0.39, 0.29) is 5.91 Å². The van der Waals surface area contributed by atoms with E-state index in [1.807, 2.05) is 24.0 Å². The molecule has 1 aliphatic rings. The van der Waals surface area contributed by atoms with Crippen LogP contribution in [-0.2, 0) is 4.79 Å². The number of amides is 1. The number of nitrogens with zero attached hydrogens (tertiary/aromatic N) is 2. The number of likely N-dealkylation sites (N-methyl/N-ethyl adjacent to an activating group) is 1. The van der Waals surface area contributed by atoms with Gasteiger partial charge in [0.2, 0.25) is 5.91 Å². The molecule has 2 unspecified atom stereocenters. The van der Waals surface area contributed by atoms with Crippen LogP contribution in [0.4, 0.5) is 0 Å². The highest BCUT2D eigenvalue weighted by atomic mass is 16.2. The van der Waals surface area contributed by atoms with Crippen molar-refractivity contribution in [3.05, 3.63) is 47.5 Å². The maximum absolute atomic E-state index is 12.3. The van der Waals surface area contributed by atoms with Gasteiger partial charge in [0, 0.05) is 31.5 Å². The minimum absolute atomic E-state index is 0.231. The molecule has 1 heterocycles. The summed E-state index contributed by atoms with van der Waals surface area (Å²) in [4.78, 5) is 16.5. The Bertz CT molecular complexity index is 504. The number of benzene rings is 1. The molecule has 1 saturated heterocycles. The molecular weight excluding hydrogens is 260 g/mol. The number of hydrogen-bond acceptors (Lipinski definition) is 2. The van der Waals surface area contributed by atoms with E-state index < -0.39 is 0 Å². The zero-order valence-corrected chi connectivity index (χ0v) is 13.5. The second-order valence-corrected chi connectivity index (χ2v) is 6.12. The average Bonchev–Trinajstić information content (AvgIpc) is 2.91. The number of allylic oxidation sites excluding steroid dienone is 1. The molecule has 3 nitrogen and oxygen atoms in total. The predicted octanol–water partition coefficient (Wildman–Crippen LogP) is 2.82. The van der Waals surface area contributed by atoms with Gasteiger partial charge in [0.05, 0.1) is 0 Å². The second-order valence-electron chi connectivity index (χ2n) is 6.12. The van der Waals surface area contributed by atoms with Crippen LogP contribution in [0.15, 0.2) is 36.4 Å². The number of carbonyl (C=O) groups is 1. The molecule has 0 radical (unpaired) electrons. The number of carbonyl (C=O) groups excluding carboxylic acids is 1. The van der Waals surface area contributed by atoms with E-state index in [4.69, 9.17) is 0 Å². The van der Waals surface area contributed by atoms with Crippen LogP contribution in [0.1, 0.15) is 30.4 Å². The summed E-state index contributed by atoms with van der Waals surface area (Å²) < 4.78 is 0. The van der Waals surface area contributed by atoms with E-state index >= 15 is 0 Å². The highest BCUT2D eigenvalue weighted by Crippen LogP contribution is 2.30. The summed E-state index contributed by atoms with van der Waals surface area (Å²) >= 11 is 0. The zero-order valence-electron chi connectivity index (χ0n) is 13.5. The van der Waals surface area contributed by atoms with Gasteiger partial charge in [-0.25, -0.2) is 0 Å². The van der Waals surface area contributed by atoms with Gasteiger partial charge in [-0.2, -0.15) is 0 Å². The van der Waals surface area contributed by atoms with E-state index in [1.54, 1.807) is 0 Å². The highest BCUT2D eigenvalue weighted by Gasteiger charge is 2.36. The van der Waals surface area contributed by atoms with Crippen molar-refractivity contribution in [2.24, 2.45) is 0 Å². The Kier molecular flexibility index (Phi) is 5.18. The van der Waals surface area contributed by atoms with Gasteiger partial charge in [-0.1, -0.05) is 42.0 Å². The Labute approximate surface area is 128 Å². The van der Waals surface area contributed by atoms with Gasteiger partial charge in [-0.3, -0.25) is 4.79 Å². The first-order chi connectivity index (χ1) is 10.0. The van der Waals surface area contributed by atoms with Crippen molar-refractivity contribution in [2.45, 2.75) is 32.2 Å². The Balaban J connectivity index is 2.15. The average molecular weight is 286 g/mol. The van der Waals surface area contributed by atoms with Crippen molar-refractivity contribution in [3.8, 4) is 0 Å². The third-order valence-electron chi connectivity index (χ3n) is 4.34. The van der Waals surface area contributed by atoms with Gasteiger partial charge in [0.15, 0.2) is 0 Å². The van der Waals surface area contributed by atoms with Crippen LogP contribution in [0.3, 0.4) is 0 Å². The molecule has 1 aromatic rings. The Morgan fingerprint density at radius 1 is 1.29 bits per heavy atom. The fourth-order valence-electron chi connectivity index (χ4n) is 3.00. The Hall–Kier alpha value is -1.61. The normalized spacial score (nSPS) is 22.4. The summed E-state index contributed by atoms with van der Waals surface area (Å²) in [6.07, 6.45) is 4.39. The molecule has 114 valence electrons. The van der Waals surface area contributed by atoms with Gasteiger partial charge in [-0.05, 0) is 33.5 Å². The minimum atomic E-state index is 0.231. The van der Waals surface area contributed by atoms with E-state index in [0.717, 1.165) is 13.1 Å². The van der Waals surface area contributed by atoms with Gasteiger partial charge in [-0.15, -0.1) is 0 Å². The molecule has 3 heteroatoms. The van der Waals surface area contributed by atoms with Crippen molar-refractivity contribution in [3.63, 3.8) is 0 Å². The predicted molar refractivity (Wildman–Crippen MR) is 87.4 cm³/mol. The molecule has 0 spiro atoms. The highest BCUT2D eigenvalue weighted by molar-refractivity contribution is 5.78. The third kappa shape index (κ3) is 3.73. The standard InChI is InChI=1S/C18H26N2O/c1-5-6-7-18(21)20-12-16(17(13-20)19(3)4)15-10-8-14(2)9-11-15/h5-6,8-11,16-17H,7,12-13H2,1-4H3. The first-order valence-corrected chi connectivity index (χ1v) is 7.65. The van der Waals surface area contributed by atoms with E-state index in [2.05, 4.69) is 50.2 Å². The van der Waals surface area contributed by atoms with Crippen molar-refractivity contribution < 1.29 is 4.79 Å². The molecule has 0 saturated carbocycles. The maximum Gasteiger partial charge on any atom is 0.226 e. The third-order valence-corrected chi connectivity index (χ3v) is 4.34. The number of rotatable bonds is 4. The van der Waals surface area contributed by atoms with E-state index in [9.17, 15) is 4.79 Å². The molecule has 1 amide bonds. The number of likely N-dealkylation sites (tertiary alicyclic amines) is 1. The van der Waals surface area contributed by atoms with Gasteiger partial charge >= 0.3 is 0 Å². The topological polar surface area (TPSA) is 23.6 Å². The Morgan fingerprint density at radius 3 is 2.52 bits per heavy atom. The fourth-order valence-corrected chi connectivity index (χ4v) is 3.00. The molecule has 2 rings (SSSR count). The molecule has 0 aliphatic carbocycles. The van der Waals surface area contributed by atoms with Crippen LogP contribution in [0.5, 0.6) is 0 Å². The number of aryl methyl sites for hydroxylation is 1. The van der Waals surface area contributed by atoms with Crippen molar-refractivity contribution in [1.29, 1.82) is 0 Å². The van der Waals surface area contributed by atoms with Crippen LogP contribution in [0.25, 0.3) is 0 Å². The van der Waals surface area contributed by atoms with E-state index in [1.165, 1.54) is 11.1 Å². The molecule has 0 bridgehead atoms. The van der Waals surface area contributed by atoms with E-state index in [0.29, 0.717) is 18.4 Å². The van der Waals surface area contributed by atoms with Gasteiger partial charge < -0.3 is 9.80 Å². The SMILES string of the molecule is CC=CCC(=O)N1CC(c2ccc(C)cc2)C(N(C)C)C1. The lowest BCUT2D eigenvalue weighted by molar-refractivity contribution is -0.129. The van der Waals surface area contributed by atoms with Crippen molar-refractivity contribution in [2.75, 3.05) is 27.2 Å². The summed E-state index contributed by atoms with van der Waals surface area (Å²) in [7, 11) is 4.21. The summed E-state index contributed by atoms with van der Waals surface area (Å²) in [5.41, 5.74) is 2.61. The first kappa shape index (κ1) is 15.8. The molecule has 1 fully saturated rings. The lowest BCUT2D eigenvalue weighted by Crippen LogP contribution is -2.35. The molecular formula is C18H26N2O. The zero-order chi connectivity index (χ0) is 15.4. The summed E-state index contributed by atoms with van der Waals surface area (Å²) in [5.74, 6) is 0.629. The van der Waals surface area contributed by atoms with Crippen LogP contribution in [0.2, 0.25) is 0 Å². The first-order valence-electron chi connectivity index (χ1n) is 7.65. The van der Waals surface area contributed by atoms with Crippen molar-refractivity contribution in [1.82, 2.24) is 9.80 Å².